The van der Waals surface area contributed by atoms with E-state index in [4.69, 9.17) is 9.47 Å². The van der Waals surface area contributed by atoms with Crippen LogP contribution in [-0.2, 0) is 6.42 Å². The maximum absolute atomic E-state index is 12.6. The minimum absolute atomic E-state index is 0.173. The number of imide groups is 1. The van der Waals surface area contributed by atoms with E-state index in [2.05, 4.69) is 5.32 Å². The molecule has 3 rings (SSSR count). The summed E-state index contributed by atoms with van der Waals surface area (Å²) >= 11 is 0. The van der Waals surface area contributed by atoms with Gasteiger partial charge in [-0.05, 0) is 48.2 Å². The zero-order valence-corrected chi connectivity index (χ0v) is 17.7. The Labute approximate surface area is 176 Å². The Morgan fingerprint density at radius 3 is 2.33 bits per heavy atom. The number of rotatable bonds is 8. The number of hydrogen-bond donors (Lipinski definition) is 1. The van der Waals surface area contributed by atoms with Gasteiger partial charge in [0.1, 0.15) is 0 Å². The smallest absolute Gasteiger partial charge is 0.261 e. The number of hydrogen-bond acceptors (Lipinski definition) is 5. The van der Waals surface area contributed by atoms with Crippen LogP contribution in [0.3, 0.4) is 0 Å². The number of carbonyl (C=O) groups is 3. The van der Waals surface area contributed by atoms with Gasteiger partial charge >= 0.3 is 0 Å². The molecule has 0 aromatic heterocycles. The van der Waals surface area contributed by atoms with Gasteiger partial charge in [-0.15, -0.1) is 0 Å². The third-order valence-electron chi connectivity index (χ3n) is 4.93. The van der Waals surface area contributed by atoms with Crippen molar-refractivity contribution in [3.05, 3.63) is 58.7 Å². The first-order chi connectivity index (χ1) is 14.3. The first-order valence-corrected chi connectivity index (χ1v) is 9.85. The van der Waals surface area contributed by atoms with Crippen molar-refractivity contribution in [1.82, 2.24) is 10.2 Å². The van der Waals surface area contributed by atoms with Crippen LogP contribution in [0.15, 0.2) is 36.4 Å². The van der Waals surface area contributed by atoms with E-state index in [1.807, 2.05) is 32.0 Å². The maximum atomic E-state index is 12.6. The molecule has 7 heteroatoms. The van der Waals surface area contributed by atoms with Crippen LogP contribution in [0.5, 0.6) is 11.5 Å². The fourth-order valence-corrected chi connectivity index (χ4v) is 3.42. The summed E-state index contributed by atoms with van der Waals surface area (Å²) in [4.78, 5) is 38.8. The summed E-state index contributed by atoms with van der Waals surface area (Å²) in [7, 11) is 3.15. The van der Waals surface area contributed by atoms with Gasteiger partial charge < -0.3 is 14.8 Å². The molecule has 7 nitrogen and oxygen atoms in total. The fraction of sp³-hybridized carbons (Fsp3) is 0.348. The molecule has 0 fully saturated rings. The third-order valence-corrected chi connectivity index (χ3v) is 4.93. The average Bonchev–Trinajstić information content (AvgIpc) is 2.97. The maximum Gasteiger partial charge on any atom is 0.261 e. The molecule has 2 aromatic carbocycles. The second-order valence-electron chi connectivity index (χ2n) is 7.57. The van der Waals surface area contributed by atoms with Gasteiger partial charge in [0, 0.05) is 18.7 Å². The minimum atomic E-state index is -0.344. The zero-order chi connectivity index (χ0) is 21.8. The first-order valence-electron chi connectivity index (χ1n) is 9.85. The van der Waals surface area contributed by atoms with E-state index in [1.54, 1.807) is 26.4 Å². The molecule has 2 aromatic rings. The van der Waals surface area contributed by atoms with Crippen LogP contribution in [0.2, 0.25) is 0 Å². The van der Waals surface area contributed by atoms with Crippen LogP contribution in [0, 0.1) is 5.92 Å². The van der Waals surface area contributed by atoms with Gasteiger partial charge in [-0.25, -0.2) is 0 Å². The highest BCUT2D eigenvalue weighted by molar-refractivity contribution is 6.22. The molecule has 30 heavy (non-hydrogen) atoms. The number of carbonyl (C=O) groups excluding carboxylic acids is 3. The van der Waals surface area contributed by atoms with Crippen molar-refractivity contribution in [1.29, 1.82) is 0 Å². The van der Waals surface area contributed by atoms with Gasteiger partial charge in [-0.1, -0.05) is 19.9 Å². The summed E-state index contributed by atoms with van der Waals surface area (Å²) in [5.74, 6) is 0.517. The normalized spacial score (nSPS) is 12.9. The van der Waals surface area contributed by atoms with E-state index >= 15 is 0 Å². The van der Waals surface area contributed by atoms with Crippen molar-refractivity contribution < 1.29 is 23.9 Å². The second-order valence-corrected chi connectivity index (χ2v) is 7.57. The van der Waals surface area contributed by atoms with Crippen LogP contribution >= 0.6 is 0 Å². The molecule has 0 atom stereocenters. The standard InChI is InChI=1S/C23H26N2O5/c1-14(2)13-25-22(27)17-7-6-16(12-18(17)23(25)28)21(26)24-10-9-15-5-8-19(29-3)20(11-15)30-4/h5-8,11-12,14H,9-10,13H2,1-4H3,(H,24,26). The number of ether oxygens (including phenoxy) is 2. The fourth-order valence-electron chi connectivity index (χ4n) is 3.42. The van der Waals surface area contributed by atoms with Gasteiger partial charge in [0.05, 0.1) is 25.3 Å². The SMILES string of the molecule is COc1ccc(CCNC(=O)c2ccc3c(c2)C(=O)N(CC(C)C)C3=O)cc1OC. The van der Waals surface area contributed by atoms with Crippen LogP contribution in [0.25, 0.3) is 0 Å². The topological polar surface area (TPSA) is 84.9 Å². The zero-order valence-electron chi connectivity index (χ0n) is 17.7. The van der Waals surface area contributed by atoms with E-state index in [0.717, 1.165) is 5.56 Å². The van der Waals surface area contributed by atoms with E-state index in [9.17, 15) is 14.4 Å². The Kier molecular flexibility index (Phi) is 6.40. The molecular weight excluding hydrogens is 384 g/mol. The molecule has 3 amide bonds. The summed E-state index contributed by atoms with van der Waals surface area (Å²) in [6.07, 6.45) is 0.608. The molecular formula is C23H26N2O5. The highest BCUT2D eigenvalue weighted by Crippen LogP contribution is 2.28. The van der Waals surface area contributed by atoms with Crippen LogP contribution in [0.1, 0.15) is 50.5 Å². The number of amides is 3. The van der Waals surface area contributed by atoms with E-state index < -0.39 is 0 Å². The molecule has 1 heterocycles. The Morgan fingerprint density at radius 2 is 1.67 bits per heavy atom. The number of nitrogens with one attached hydrogen (secondary N) is 1. The number of methoxy groups -OCH3 is 2. The quantitative estimate of drug-likeness (QED) is 0.677. The predicted molar refractivity (Wildman–Crippen MR) is 112 cm³/mol. The molecule has 0 bridgehead atoms. The van der Waals surface area contributed by atoms with Crippen molar-refractivity contribution in [2.45, 2.75) is 20.3 Å². The van der Waals surface area contributed by atoms with Crippen molar-refractivity contribution in [3.63, 3.8) is 0 Å². The van der Waals surface area contributed by atoms with E-state index in [-0.39, 0.29) is 29.2 Å². The lowest BCUT2D eigenvalue weighted by Crippen LogP contribution is -2.33. The highest BCUT2D eigenvalue weighted by atomic mass is 16.5. The molecule has 0 aliphatic carbocycles. The molecule has 1 aliphatic rings. The lowest BCUT2D eigenvalue weighted by molar-refractivity contribution is 0.0636. The molecule has 0 radical (unpaired) electrons. The Morgan fingerprint density at radius 1 is 0.967 bits per heavy atom. The van der Waals surface area contributed by atoms with Crippen molar-refractivity contribution in [2.75, 3.05) is 27.3 Å². The molecule has 0 unspecified atom stereocenters. The summed E-state index contributed by atoms with van der Waals surface area (Å²) in [6, 6.07) is 10.2. The lowest BCUT2D eigenvalue weighted by atomic mass is 10.1. The monoisotopic (exact) mass is 410 g/mol. The molecule has 0 spiro atoms. The van der Waals surface area contributed by atoms with Gasteiger partial charge in [0.25, 0.3) is 17.7 Å². The predicted octanol–water partition coefficient (Wildman–Crippen LogP) is 2.93. The van der Waals surface area contributed by atoms with Crippen molar-refractivity contribution in [2.24, 2.45) is 5.92 Å². The first kappa shape index (κ1) is 21.4. The van der Waals surface area contributed by atoms with Gasteiger partial charge in [-0.3, -0.25) is 19.3 Å². The molecule has 1 aliphatic heterocycles. The van der Waals surface area contributed by atoms with Crippen LogP contribution in [0.4, 0.5) is 0 Å². The minimum Gasteiger partial charge on any atom is -0.493 e. The highest BCUT2D eigenvalue weighted by Gasteiger charge is 2.36. The molecule has 1 N–H and O–H groups in total. The van der Waals surface area contributed by atoms with Crippen LogP contribution < -0.4 is 14.8 Å². The van der Waals surface area contributed by atoms with Crippen molar-refractivity contribution in [3.8, 4) is 11.5 Å². The second kappa shape index (κ2) is 8.98. The largest absolute Gasteiger partial charge is 0.493 e. The summed E-state index contributed by atoms with van der Waals surface area (Å²) in [5.41, 5.74) is 1.98. The Balaban J connectivity index is 1.65. The number of nitrogens with zero attached hydrogens (tertiary/aromatic N) is 1. The average molecular weight is 410 g/mol. The molecule has 0 saturated heterocycles. The van der Waals surface area contributed by atoms with Gasteiger partial charge in [0.2, 0.25) is 0 Å². The summed E-state index contributed by atoms with van der Waals surface area (Å²) < 4.78 is 10.5. The Bertz CT molecular complexity index is 984. The van der Waals surface area contributed by atoms with Gasteiger partial charge in [0.15, 0.2) is 11.5 Å². The number of benzene rings is 2. The Hall–Kier alpha value is -3.35. The molecule has 158 valence electrons. The third kappa shape index (κ3) is 4.30. The van der Waals surface area contributed by atoms with Gasteiger partial charge in [-0.2, -0.15) is 0 Å². The summed E-state index contributed by atoms with van der Waals surface area (Å²) in [6.45, 7) is 4.67. The van der Waals surface area contributed by atoms with Crippen LogP contribution in [-0.4, -0.2) is 49.9 Å². The van der Waals surface area contributed by atoms with Crippen molar-refractivity contribution >= 4 is 17.7 Å². The summed E-state index contributed by atoms with van der Waals surface area (Å²) in [5, 5.41) is 2.85. The number of fused-ring (bicyclic) bond motifs is 1. The lowest BCUT2D eigenvalue weighted by Gasteiger charge is -2.15. The molecule has 0 saturated carbocycles. The van der Waals surface area contributed by atoms with E-state index in [1.165, 1.54) is 11.0 Å². The van der Waals surface area contributed by atoms with E-state index in [0.29, 0.717) is 42.1 Å².